The number of ketones is 1. The second kappa shape index (κ2) is 6.74. The Kier molecular flexibility index (Phi) is 4.53. The first-order chi connectivity index (χ1) is 10.8. The lowest BCUT2D eigenvalue weighted by Crippen LogP contribution is -2.22. The highest BCUT2D eigenvalue weighted by atomic mass is 16.1. The Morgan fingerprint density at radius 1 is 1.00 bits per heavy atom. The Morgan fingerprint density at radius 3 is 2.50 bits per heavy atom. The Labute approximate surface area is 132 Å². The zero-order chi connectivity index (χ0) is 15.4. The minimum Gasteiger partial charge on any atom is -0.299 e. The van der Waals surface area contributed by atoms with Crippen LogP contribution in [0.5, 0.6) is 0 Å². The SMILES string of the molecule is CCCCC(=O)[C@H]1c2ccccc2C=C[C@@H]1c1ccccc1. The molecule has 0 fully saturated rings. The number of hydrogen-bond acceptors (Lipinski definition) is 1. The highest BCUT2D eigenvalue weighted by Crippen LogP contribution is 2.41. The van der Waals surface area contributed by atoms with E-state index in [1.807, 2.05) is 18.2 Å². The summed E-state index contributed by atoms with van der Waals surface area (Å²) < 4.78 is 0. The van der Waals surface area contributed by atoms with E-state index in [1.165, 1.54) is 16.7 Å². The van der Waals surface area contributed by atoms with Crippen molar-refractivity contribution in [3.05, 3.63) is 77.4 Å². The van der Waals surface area contributed by atoms with Gasteiger partial charge in [0.1, 0.15) is 5.78 Å². The van der Waals surface area contributed by atoms with Gasteiger partial charge in [-0.3, -0.25) is 4.79 Å². The van der Waals surface area contributed by atoms with Crippen LogP contribution in [0.15, 0.2) is 60.7 Å². The molecule has 0 aromatic heterocycles. The third-order valence-corrected chi connectivity index (χ3v) is 4.48. The average molecular weight is 290 g/mol. The van der Waals surface area contributed by atoms with Crippen LogP contribution >= 0.6 is 0 Å². The minimum atomic E-state index is -0.0462. The Balaban J connectivity index is 2.01. The molecule has 2 atom stereocenters. The predicted octanol–water partition coefficient (Wildman–Crippen LogP) is 5.34. The van der Waals surface area contributed by atoms with Crippen LogP contribution in [0.4, 0.5) is 0 Å². The van der Waals surface area contributed by atoms with E-state index >= 15 is 0 Å². The molecular formula is C21H22O. The molecule has 22 heavy (non-hydrogen) atoms. The van der Waals surface area contributed by atoms with Gasteiger partial charge < -0.3 is 0 Å². The summed E-state index contributed by atoms with van der Waals surface area (Å²) in [5.74, 6) is 0.475. The fraction of sp³-hybridized carbons (Fsp3) is 0.286. The lowest BCUT2D eigenvalue weighted by Gasteiger charge is -2.29. The number of unbranched alkanes of at least 4 members (excludes halogenated alkanes) is 1. The molecule has 3 rings (SSSR count). The van der Waals surface area contributed by atoms with Gasteiger partial charge in [-0.1, -0.05) is 80.1 Å². The summed E-state index contributed by atoms with van der Waals surface area (Å²) in [5.41, 5.74) is 3.59. The molecule has 1 heteroatoms. The van der Waals surface area contributed by atoms with E-state index in [4.69, 9.17) is 0 Å². The first kappa shape index (κ1) is 14.8. The number of allylic oxidation sites excluding steroid dienone is 1. The zero-order valence-corrected chi connectivity index (χ0v) is 13.0. The van der Waals surface area contributed by atoms with Crippen molar-refractivity contribution in [1.82, 2.24) is 0 Å². The van der Waals surface area contributed by atoms with E-state index in [1.54, 1.807) is 0 Å². The van der Waals surface area contributed by atoms with E-state index < -0.39 is 0 Å². The molecule has 0 radical (unpaired) electrons. The van der Waals surface area contributed by atoms with Crippen molar-refractivity contribution in [3.63, 3.8) is 0 Å². The number of rotatable bonds is 5. The molecule has 0 aliphatic heterocycles. The Hall–Kier alpha value is -2.15. The number of benzene rings is 2. The first-order valence-corrected chi connectivity index (χ1v) is 8.16. The minimum absolute atomic E-state index is 0.0462. The second-order valence-corrected chi connectivity index (χ2v) is 5.97. The third-order valence-electron chi connectivity index (χ3n) is 4.48. The van der Waals surface area contributed by atoms with Crippen LogP contribution in [0.1, 0.15) is 54.7 Å². The van der Waals surface area contributed by atoms with Crippen molar-refractivity contribution >= 4 is 11.9 Å². The van der Waals surface area contributed by atoms with Gasteiger partial charge in [0.05, 0.1) is 5.92 Å². The normalized spacial score (nSPS) is 19.7. The van der Waals surface area contributed by atoms with E-state index in [-0.39, 0.29) is 11.8 Å². The number of carbonyl (C=O) groups excluding carboxylic acids is 1. The van der Waals surface area contributed by atoms with Gasteiger partial charge in [0.15, 0.2) is 0 Å². The molecule has 1 aliphatic rings. The molecule has 0 unspecified atom stereocenters. The fourth-order valence-electron chi connectivity index (χ4n) is 3.32. The van der Waals surface area contributed by atoms with Crippen LogP contribution in [0.25, 0.3) is 6.08 Å². The van der Waals surface area contributed by atoms with Gasteiger partial charge in [0.2, 0.25) is 0 Å². The van der Waals surface area contributed by atoms with E-state index in [2.05, 4.69) is 55.5 Å². The average Bonchev–Trinajstić information content (AvgIpc) is 2.59. The van der Waals surface area contributed by atoms with Gasteiger partial charge in [-0.15, -0.1) is 0 Å². The number of carbonyl (C=O) groups is 1. The summed E-state index contributed by atoms with van der Waals surface area (Å²) in [6, 6.07) is 18.7. The predicted molar refractivity (Wildman–Crippen MR) is 91.9 cm³/mol. The molecule has 0 amide bonds. The van der Waals surface area contributed by atoms with Gasteiger partial charge in [0.25, 0.3) is 0 Å². The van der Waals surface area contributed by atoms with Gasteiger partial charge >= 0.3 is 0 Å². The molecule has 0 saturated heterocycles. The number of fused-ring (bicyclic) bond motifs is 1. The van der Waals surface area contributed by atoms with Crippen molar-refractivity contribution in [1.29, 1.82) is 0 Å². The summed E-state index contributed by atoms with van der Waals surface area (Å²) in [5, 5.41) is 0. The van der Waals surface area contributed by atoms with Crippen molar-refractivity contribution in [2.24, 2.45) is 0 Å². The molecule has 0 heterocycles. The molecule has 0 N–H and O–H groups in total. The smallest absolute Gasteiger partial charge is 0.141 e. The summed E-state index contributed by atoms with van der Waals surface area (Å²) in [4.78, 5) is 12.9. The maximum Gasteiger partial charge on any atom is 0.141 e. The van der Waals surface area contributed by atoms with Gasteiger partial charge in [-0.25, -0.2) is 0 Å². The molecule has 2 aromatic rings. The molecule has 1 aliphatic carbocycles. The Morgan fingerprint density at radius 2 is 1.73 bits per heavy atom. The summed E-state index contributed by atoms with van der Waals surface area (Å²) in [7, 11) is 0. The van der Waals surface area contributed by atoms with Crippen LogP contribution in [0.3, 0.4) is 0 Å². The fourth-order valence-corrected chi connectivity index (χ4v) is 3.32. The second-order valence-electron chi connectivity index (χ2n) is 5.97. The highest BCUT2D eigenvalue weighted by molar-refractivity contribution is 5.89. The van der Waals surface area contributed by atoms with Gasteiger partial charge in [-0.2, -0.15) is 0 Å². The lowest BCUT2D eigenvalue weighted by atomic mass is 9.73. The van der Waals surface area contributed by atoms with Crippen LogP contribution < -0.4 is 0 Å². The number of hydrogen-bond donors (Lipinski definition) is 0. The molecule has 2 aromatic carbocycles. The zero-order valence-electron chi connectivity index (χ0n) is 13.0. The van der Waals surface area contributed by atoms with E-state index in [0.29, 0.717) is 12.2 Å². The van der Waals surface area contributed by atoms with E-state index in [0.717, 1.165) is 12.8 Å². The summed E-state index contributed by atoms with van der Waals surface area (Å²) >= 11 is 0. The van der Waals surface area contributed by atoms with Crippen LogP contribution in [0.2, 0.25) is 0 Å². The van der Waals surface area contributed by atoms with Crippen molar-refractivity contribution < 1.29 is 4.79 Å². The maximum absolute atomic E-state index is 12.9. The van der Waals surface area contributed by atoms with Crippen molar-refractivity contribution in [3.8, 4) is 0 Å². The standard InChI is InChI=1S/C21H22O/c1-2-3-13-20(22)21-18-12-8-7-11-17(18)14-15-19(21)16-9-5-4-6-10-16/h4-12,14-15,19,21H,2-3,13H2,1H3/t19-,21+/m1/s1. The molecule has 0 saturated carbocycles. The topological polar surface area (TPSA) is 17.1 Å². The number of Topliss-reactive ketones (excluding diaryl/α,β-unsaturated/α-hetero) is 1. The van der Waals surface area contributed by atoms with Crippen molar-refractivity contribution in [2.45, 2.75) is 38.0 Å². The first-order valence-electron chi connectivity index (χ1n) is 8.16. The summed E-state index contributed by atoms with van der Waals surface area (Å²) in [6.45, 7) is 2.14. The molecule has 1 nitrogen and oxygen atoms in total. The van der Waals surface area contributed by atoms with Crippen molar-refractivity contribution in [2.75, 3.05) is 0 Å². The van der Waals surface area contributed by atoms with Crippen LogP contribution in [-0.2, 0) is 4.79 Å². The third kappa shape index (κ3) is 2.89. The molecule has 0 spiro atoms. The lowest BCUT2D eigenvalue weighted by molar-refractivity contribution is -0.120. The largest absolute Gasteiger partial charge is 0.299 e. The monoisotopic (exact) mass is 290 g/mol. The summed E-state index contributed by atoms with van der Waals surface area (Å²) in [6.07, 6.45) is 7.07. The molecule has 112 valence electrons. The Bertz CT molecular complexity index is 669. The van der Waals surface area contributed by atoms with Gasteiger partial charge in [0, 0.05) is 12.3 Å². The van der Waals surface area contributed by atoms with Crippen LogP contribution in [-0.4, -0.2) is 5.78 Å². The molecule has 0 bridgehead atoms. The molecular weight excluding hydrogens is 268 g/mol. The van der Waals surface area contributed by atoms with E-state index in [9.17, 15) is 4.79 Å². The van der Waals surface area contributed by atoms with Gasteiger partial charge in [-0.05, 0) is 23.1 Å². The van der Waals surface area contributed by atoms with Crippen LogP contribution in [0, 0.1) is 0 Å². The maximum atomic E-state index is 12.9. The highest BCUT2D eigenvalue weighted by Gasteiger charge is 2.32. The quantitative estimate of drug-likeness (QED) is 0.726.